The van der Waals surface area contributed by atoms with Crippen LogP contribution in [0.15, 0.2) is 91.0 Å². The molecule has 4 aromatic rings. The average molecular weight is 444 g/mol. The first-order chi connectivity index (χ1) is 16.0. The zero-order valence-electron chi connectivity index (χ0n) is 17.8. The van der Waals surface area contributed by atoms with Crippen LogP contribution >= 0.6 is 0 Å². The SMILES string of the molecule is O=C(O)c1c(OCC(O)c2ccccc2)ccc2ccc(OCC(O)c3ccccc3)cc12. The topological polar surface area (TPSA) is 96.2 Å². The van der Waals surface area contributed by atoms with Crippen LogP contribution in [0.1, 0.15) is 33.7 Å². The standard InChI is InChI=1S/C27H24O6/c28-23(19-7-3-1-4-8-19)16-32-21-13-11-18-12-14-25(26(27(30)31)22(18)15-21)33-17-24(29)20-9-5-2-6-10-20/h1-15,23-24,28-29H,16-17H2,(H,30,31). The van der Waals surface area contributed by atoms with Gasteiger partial charge in [0.05, 0.1) is 0 Å². The smallest absolute Gasteiger partial charge is 0.340 e. The van der Waals surface area contributed by atoms with E-state index in [1.54, 1.807) is 42.5 Å². The van der Waals surface area contributed by atoms with E-state index in [0.717, 1.165) is 5.56 Å². The largest absolute Gasteiger partial charge is 0.491 e. The molecule has 2 atom stereocenters. The number of hydrogen-bond donors (Lipinski definition) is 3. The molecule has 6 heteroatoms. The quantitative estimate of drug-likeness (QED) is 0.344. The van der Waals surface area contributed by atoms with Gasteiger partial charge in [-0.3, -0.25) is 0 Å². The highest BCUT2D eigenvalue weighted by Crippen LogP contribution is 2.32. The highest BCUT2D eigenvalue weighted by atomic mass is 16.5. The number of ether oxygens (including phenoxy) is 2. The van der Waals surface area contributed by atoms with Crippen molar-refractivity contribution in [3.8, 4) is 11.5 Å². The van der Waals surface area contributed by atoms with Crippen molar-refractivity contribution in [3.05, 3.63) is 108 Å². The van der Waals surface area contributed by atoms with Gasteiger partial charge in [-0.2, -0.15) is 0 Å². The maximum absolute atomic E-state index is 12.1. The lowest BCUT2D eigenvalue weighted by Crippen LogP contribution is -2.12. The Morgan fingerprint density at radius 1 is 0.727 bits per heavy atom. The Bertz CT molecular complexity index is 1220. The minimum Gasteiger partial charge on any atom is -0.491 e. The second-order valence-electron chi connectivity index (χ2n) is 7.60. The predicted molar refractivity (Wildman–Crippen MR) is 125 cm³/mol. The fourth-order valence-corrected chi connectivity index (χ4v) is 3.60. The van der Waals surface area contributed by atoms with Crippen LogP contribution < -0.4 is 9.47 Å². The number of benzene rings is 4. The lowest BCUT2D eigenvalue weighted by molar-refractivity contribution is 0.0685. The van der Waals surface area contributed by atoms with Crippen LogP contribution in [0.3, 0.4) is 0 Å². The summed E-state index contributed by atoms with van der Waals surface area (Å²) >= 11 is 0. The number of carboxylic acid groups (broad SMARTS) is 1. The third-order valence-electron chi connectivity index (χ3n) is 5.34. The molecule has 2 unspecified atom stereocenters. The summed E-state index contributed by atoms with van der Waals surface area (Å²) in [4.78, 5) is 12.1. The zero-order valence-corrected chi connectivity index (χ0v) is 17.8. The fraction of sp³-hybridized carbons (Fsp3) is 0.148. The van der Waals surface area contributed by atoms with E-state index in [1.807, 2.05) is 48.5 Å². The molecule has 0 aliphatic carbocycles. The van der Waals surface area contributed by atoms with E-state index >= 15 is 0 Å². The first kappa shape index (κ1) is 22.3. The molecule has 33 heavy (non-hydrogen) atoms. The van der Waals surface area contributed by atoms with E-state index in [-0.39, 0.29) is 24.5 Å². The van der Waals surface area contributed by atoms with Crippen LogP contribution in [0.5, 0.6) is 11.5 Å². The number of fused-ring (bicyclic) bond motifs is 1. The molecule has 168 valence electrons. The molecular formula is C27H24O6. The molecule has 0 fully saturated rings. The van der Waals surface area contributed by atoms with E-state index in [2.05, 4.69) is 0 Å². The van der Waals surface area contributed by atoms with E-state index in [1.165, 1.54) is 0 Å². The summed E-state index contributed by atoms with van der Waals surface area (Å²) in [5.41, 5.74) is 1.40. The molecule has 0 radical (unpaired) electrons. The summed E-state index contributed by atoms with van der Waals surface area (Å²) in [6.07, 6.45) is -1.70. The van der Waals surface area contributed by atoms with Crippen molar-refractivity contribution in [2.75, 3.05) is 13.2 Å². The zero-order chi connectivity index (χ0) is 23.2. The molecule has 0 spiro atoms. The highest BCUT2D eigenvalue weighted by molar-refractivity contribution is 6.06. The summed E-state index contributed by atoms with van der Waals surface area (Å²) in [5, 5.41) is 31.7. The van der Waals surface area contributed by atoms with E-state index < -0.39 is 18.2 Å². The van der Waals surface area contributed by atoms with Gasteiger partial charge in [0.2, 0.25) is 0 Å². The Balaban J connectivity index is 1.55. The number of carbonyl (C=O) groups is 1. The minimum absolute atomic E-state index is 0.0122. The van der Waals surface area contributed by atoms with Gasteiger partial charge in [-0.15, -0.1) is 0 Å². The molecule has 3 N–H and O–H groups in total. The summed E-state index contributed by atoms with van der Waals surface area (Å²) in [5.74, 6) is -0.556. The second kappa shape index (κ2) is 10.2. The number of aliphatic hydroxyl groups excluding tert-OH is 2. The van der Waals surface area contributed by atoms with Crippen molar-refractivity contribution in [1.82, 2.24) is 0 Å². The van der Waals surface area contributed by atoms with Crippen molar-refractivity contribution in [1.29, 1.82) is 0 Å². The first-order valence-corrected chi connectivity index (χ1v) is 10.5. The van der Waals surface area contributed by atoms with Gasteiger partial charge in [0.1, 0.15) is 42.5 Å². The number of carboxylic acids is 1. The highest BCUT2D eigenvalue weighted by Gasteiger charge is 2.18. The Labute approximate surface area is 191 Å². The molecule has 0 bridgehead atoms. The van der Waals surface area contributed by atoms with Gasteiger partial charge in [0.25, 0.3) is 0 Å². The van der Waals surface area contributed by atoms with Crippen molar-refractivity contribution in [2.24, 2.45) is 0 Å². The number of aromatic carboxylic acids is 1. The number of hydrogen-bond acceptors (Lipinski definition) is 5. The van der Waals surface area contributed by atoms with Crippen LogP contribution in [-0.4, -0.2) is 34.5 Å². The lowest BCUT2D eigenvalue weighted by Gasteiger charge is -2.16. The second-order valence-corrected chi connectivity index (χ2v) is 7.60. The minimum atomic E-state index is -1.15. The first-order valence-electron chi connectivity index (χ1n) is 10.5. The molecule has 0 heterocycles. The Kier molecular flexibility index (Phi) is 6.88. The van der Waals surface area contributed by atoms with Crippen LogP contribution in [0, 0.1) is 0 Å². The van der Waals surface area contributed by atoms with Crippen molar-refractivity contribution >= 4 is 16.7 Å². The van der Waals surface area contributed by atoms with E-state index in [0.29, 0.717) is 22.1 Å². The summed E-state index contributed by atoms with van der Waals surface area (Å²) in [7, 11) is 0. The van der Waals surface area contributed by atoms with Gasteiger partial charge in [-0.25, -0.2) is 4.79 Å². The van der Waals surface area contributed by atoms with Gasteiger partial charge in [-0.1, -0.05) is 72.8 Å². The Hall–Kier alpha value is -3.87. The molecule has 4 aromatic carbocycles. The van der Waals surface area contributed by atoms with Crippen molar-refractivity contribution in [3.63, 3.8) is 0 Å². The van der Waals surface area contributed by atoms with Crippen molar-refractivity contribution < 1.29 is 29.6 Å². The Morgan fingerprint density at radius 3 is 1.85 bits per heavy atom. The van der Waals surface area contributed by atoms with E-state index in [4.69, 9.17) is 9.47 Å². The number of rotatable bonds is 9. The Morgan fingerprint density at radius 2 is 1.27 bits per heavy atom. The van der Waals surface area contributed by atoms with Crippen molar-refractivity contribution in [2.45, 2.75) is 12.2 Å². The van der Waals surface area contributed by atoms with Gasteiger partial charge in [0, 0.05) is 5.39 Å². The van der Waals surface area contributed by atoms with Crippen LogP contribution in [-0.2, 0) is 0 Å². The van der Waals surface area contributed by atoms with E-state index in [9.17, 15) is 20.1 Å². The van der Waals surface area contributed by atoms with Gasteiger partial charge in [0.15, 0.2) is 0 Å². The number of aliphatic hydroxyl groups is 2. The summed E-state index contributed by atoms with van der Waals surface area (Å²) in [6, 6.07) is 26.6. The molecule has 6 nitrogen and oxygen atoms in total. The average Bonchev–Trinajstić information content (AvgIpc) is 2.86. The normalized spacial score (nSPS) is 12.8. The summed E-state index contributed by atoms with van der Waals surface area (Å²) in [6.45, 7) is -0.0629. The monoisotopic (exact) mass is 444 g/mol. The maximum Gasteiger partial charge on any atom is 0.340 e. The molecule has 0 saturated heterocycles. The van der Waals surface area contributed by atoms with Crippen LogP contribution in [0.4, 0.5) is 0 Å². The van der Waals surface area contributed by atoms with Gasteiger partial charge >= 0.3 is 5.97 Å². The van der Waals surface area contributed by atoms with Gasteiger partial charge < -0.3 is 24.8 Å². The van der Waals surface area contributed by atoms with Crippen LogP contribution in [0.2, 0.25) is 0 Å². The third kappa shape index (κ3) is 5.31. The predicted octanol–water partition coefficient (Wildman–Crippen LogP) is 4.76. The lowest BCUT2D eigenvalue weighted by atomic mass is 10.0. The molecule has 0 amide bonds. The third-order valence-corrected chi connectivity index (χ3v) is 5.34. The molecule has 0 aliphatic heterocycles. The fourth-order valence-electron chi connectivity index (χ4n) is 3.60. The molecule has 0 aromatic heterocycles. The maximum atomic E-state index is 12.1. The van der Waals surface area contributed by atoms with Gasteiger partial charge in [-0.05, 0) is 34.7 Å². The van der Waals surface area contributed by atoms with Crippen LogP contribution in [0.25, 0.3) is 10.8 Å². The molecule has 0 aliphatic rings. The molecule has 4 rings (SSSR count). The summed E-state index contributed by atoms with van der Waals surface area (Å²) < 4.78 is 11.4. The molecule has 0 saturated carbocycles. The molecular weight excluding hydrogens is 420 g/mol.